The first kappa shape index (κ1) is 12.3. The van der Waals surface area contributed by atoms with Crippen LogP contribution in [0.4, 0.5) is 0 Å². The Labute approximate surface area is 105 Å². The number of ketones is 1. The number of benzene rings is 1. The molecule has 92 valence electrons. The van der Waals surface area contributed by atoms with Crippen LogP contribution in [-0.2, 0) is 4.79 Å². The molecule has 1 aliphatic heterocycles. The smallest absolute Gasteiger partial charge is 0.162 e. The highest BCUT2D eigenvalue weighted by molar-refractivity contribution is 8.00. The van der Waals surface area contributed by atoms with Crippen LogP contribution in [0.2, 0.25) is 0 Å². The molecule has 0 spiro atoms. The van der Waals surface area contributed by atoms with Crippen LogP contribution in [0.25, 0.3) is 0 Å². The van der Waals surface area contributed by atoms with Crippen LogP contribution in [0.3, 0.4) is 0 Å². The van der Waals surface area contributed by atoms with Gasteiger partial charge in [-0.25, -0.2) is 0 Å². The molecular weight excluding hydrogens is 236 g/mol. The number of hydrogen-bond acceptors (Lipinski definition) is 4. The van der Waals surface area contributed by atoms with E-state index in [1.54, 1.807) is 18.7 Å². The van der Waals surface area contributed by atoms with Gasteiger partial charge in [-0.2, -0.15) is 0 Å². The van der Waals surface area contributed by atoms with E-state index in [0.717, 1.165) is 22.8 Å². The first-order valence-electron chi connectivity index (χ1n) is 5.73. The number of ether oxygens (including phenoxy) is 2. The molecule has 1 aromatic carbocycles. The van der Waals surface area contributed by atoms with Crippen molar-refractivity contribution in [3.63, 3.8) is 0 Å². The highest BCUT2D eigenvalue weighted by Crippen LogP contribution is 2.35. The summed E-state index contributed by atoms with van der Waals surface area (Å²) in [6.45, 7) is 4.91. The zero-order valence-electron chi connectivity index (χ0n) is 10.1. The van der Waals surface area contributed by atoms with E-state index in [1.807, 2.05) is 25.1 Å². The van der Waals surface area contributed by atoms with Crippen molar-refractivity contribution in [2.45, 2.75) is 30.4 Å². The molecule has 0 aliphatic carbocycles. The molecule has 0 amide bonds. The molecule has 0 saturated heterocycles. The molecule has 0 bridgehead atoms. The predicted octanol–water partition coefficient (Wildman–Crippen LogP) is 2.92. The first-order chi connectivity index (χ1) is 8.16. The molecule has 1 aromatic rings. The van der Waals surface area contributed by atoms with Gasteiger partial charge >= 0.3 is 0 Å². The highest BCUT2D eigenvalue weighted by atomic mass is 32.2. The SMILES string of the molecule is CC(=O)C(C)Sc1ccc2c(c1)OCCCO2. The van der Waals surface area contributed by atoms with E-state index in [4.69, 9.17) is 9.47 Å². The Morgan fingerprint density at radius 2 is 2.00 bits per heavy atom. The Bertz CT molecular complexity index is 417. The van der Waals surface area contributed by atoms with Crippen molar-refractivity contribution in [1.82, 2.24) is 0 Å². The normalized spacial score (nSPS) is 16.1. The summed E-state index contributed by atoms with van der Waals surface area (Å²) in [6.07, 6.45) is 0.904. The van der Waals surface area contributed by atoms with Gasteiger partial charge in [0, 0.05) is 11.3 Å². The standard InChI is InChI=1S/C13H16O3S/c1-9(14)10(2)17-11-4-5-12-13(8-11)16-7-3-6-15-12/h4-5,8,10H,3,6-7H2,1-2H3. The third-order valence-corrected chi connectivity index (χ3v) is 3.82. The molecule has 4 heteroatoms. The Balaban J connectivity index is 2.15. The lowest BCUT2D eigenvalue weighted by molar-refractivity contribution is -0.116. The zero-order chi connectivity index (χ0) is 12.3. The van der Waals surface area contributed by atoms with Crippen LogP contribution in [0.5, 0.6) is 11.5 Å². The zero-order valence-corrected chi connectivity index (χ0v) is 10.9. The van der Waals surface area contributed by atoms with Gasteiger partial charge in [0.15, 0.2) is 11.5 Å². The molecule has 0 aromatic heterocycles. The fourth-order valence-electron chi connectivity index (χ4n) is 1.50. The van der Waals surface area contributed by atoms with Gasteiger partial charge in [0.05, 0.1) is 18.5 Å². The summed E-state index contributed by atoms with van der Waals surface area (Å²) < 4.78 is 11.2. The van der Waals surface area contributed by atoms with Crippen molar-refractivity contribution >= 4 is 17.5 Å². The Kier molecular flexibility index (Phi) is 3.94. The summed E-state index contributed by atoms with van der Waals surface area (Å²) in [5, 5.41) is -0.0280. The van der Waals surface area contributed by atoms with Gasteiger partial charge in [0.2, 0.25) is 0 Å². The van der Waals surface area contributed by atoms with E-state index in [9.17, 15) is 4.79 Å². The lowest BCUT2D eigenvalue weighted by Crippen LogP contribution is -2.07. The molecule has 0 fully saturated rings. The number of Topliss-reactive ketones (excluding diaryl/α,β-unsaturated/α-hetero) is 1. The highest BCUT2D eigenvalue weighted by Gasteiger charge is 2.14. The summed E-state index contributed by atoms with van der Waals surface area (Å²) in [5.74, 6) is 1.76. The van der Waals surface area contributed by atoms with Gasteiger partial charge in [0.1, 0.15) is 5.78 Å². The summed E-state index contributed by atoms with van der Waals surface area (Å²) in [6, 6.07) is 5.83. The second kappa shape index (κ2) is 5.45. The maximum absolute atomic E-state index is 11.2. The van der Waals surface area contributed by atoms with Gasteiger partial charge in [-0.15, -0.1) is 11.8 Å². The van der Waals surface area contributed by atoms with Crippen molar-refractivity contribution in [3.8, 4) is 11.5 Å². The third kappa shape index (κ3) is 3.16. The fourth-order valence-corrected chi connectivity index (χ4v) is 2.40. The Morgan fingerprint density at radius 3 is 2.71 bits per heavy atom. The second-order valence-electron chi connectivity index (χ2n) is 4.03. The van der Waals surface area contributed by atoms with E-state index in [1.165, 1.54) is 0 Å². The van der Waals surface area contributed by atoms with Crippen molar-refractivity contribution in [2.75, 3.05) is 13.2 Å². The predicted molar refractivity (Wildman–Crippen MR) is 68.0 cm³/mol. The van der Waals surface area contributed by atoms with Crippen LogP contribution in [0.1, 0.15) is 20.3 Å². The van der Waals surface area contributed by atoms with Crippen molar-refractivity contribution < 1.29 is 14.3 Å². The Morgan fingerprint density at radius 1 is 1.29 bits per heavy atom. The molecule has 0 radical (unpaired) electrons. The van der Waals surface area contributed by atoms with Crippen LogP contribution in [0, 0.1) is 0 Å². The number of carbonyl (C=O) groups excluding carboxylic acids is 1. The van der Waals surface area contributed by atoms with E-state index in [2.05, 4.69) is 0 Å². The molecule has 3 nitrogen and oxygen atoms in total. The molecular formula is C13H16O3S. The van der Waals surface area contributed by atoms with E-state index in [0.29, 0.717) is 13.2 Å². The number of fused-ring (bicyclic) bond motifs is 1. The van der Waals surface area contributed by atoms with Crippen molar-refractivity contribution in [2.24, 2.45) is 0 Å². The minimum atomic E-state index is -0.0280. The molecule has 1 atom stereocenters. The Hall–Kier alpha value is -1.16. The van der Waals surface area contributed by atoms with E-state index < -0.39 is 0 Å². The number of rotatable bonds is 3. The maximum atomic E-state index is 11.2. The second-order valence-corrected chi connectivity index (χ2v) is 5.44. The first-order valence-corrected chi connectivity index (χ1v) is 6.61. The van der Waals surface area contributed by atoms with Crippen LogP contribution >= 0.6 is 11.8 Å². The average molecular weight is 252 g/mol. The lowest BCUT2D eigenvalue weighted by atomic mass is 10.3. The van der Waals surface area contributed by atoms with Crippen LogP contribution < -0.4 is 9.47 Å². The maximum Gasteiger partial charge on any atom is 0.162 e. The van der Waals surface area contributed by atoms with Gasteiger partial charge in [-0.3, -0.25) is 4.79 Å². The molecule has 0 saturated carbocycles. The largest absolute Gasteiger partial charge is 0.490 e. The minimum Gasteiger partial charge on any atom is -0.490 e. The number of carbonyl (C=O) groups is 1. The number of hydrogen-bond donors (Lipinski definition) is 0. The topological polar surface area (TPSA) is 35.5 Å². The van der Waals surface area contributed by atoms with Gasteiger partial charge in [0.25, 0.3) is 0 Å². The van der Waals surface area contributed by atoms with Gasteiger partial charge < -0.3 is 9.47 Å². The fraction of sp³-hybridized carbons (Fsp3) is 0.462. The minimum absolute atomic E-state index is 0.0280. The molecule has 17 heavy (non-hydrogen) atoms. The van der Waals surface area contributed by atoms with Crippen LogP contribution in [0.15, 0.2) is 23.1 Å². The summed E-state index contributed by atoms with van der Waals surface area (Å²) in [7, 11) is 0. The summed E-state index contributed by atoms with van der Waals surface area (Å²) in [5.41, 5.74) is 0. The van der Waals surface area contributed by atoms with Gasteiger partial charge in [-0.1, -0.05) is 0 Å². The summed E-state index contributed by atoms with van der Waals surface area (Å²) >= 11 is 1.55. The third-order valence-electron chi connectivity index (χ3n) is 2.60. The van der Waals surface area contributed by atoms with Crippen molar-refractivity contribution in [3.05, 3.63) is 18.2 Å². The van der Waals surface area contributed by atoms with Gasteiger partial charge in [-0.05, 0) is 32.0 Å². The van der Waals surface area contributed by atoms with Crippen LogP contribution in [-0.4, -0.2) is 24.2 Å². The molecule has 1 aliphatic rings. The average Bonchev–Trinajstić information content (AvgIpc) is 2.53. The molecule has 1 unspecified atom stereocenters. The number of thioether (sulfide) groups is 1. The molecule has 0 N–H and O–H groups in total. The molecule has 2 rings (SSSR count). The van der Waals surface area contributed by atoms with E-state index in [-0.39, 0.29) is 11.0 Å². The quantitative estimate of drug-likeness (QED) is 0.775. The van der Waals surface area contributed by atoms with Crippen molar-refractivity contribution in [1.29, 1.82) is 0 Å². The molecule has 1 heterocycles. The van der Waals surface area contributed by atoms with E-state index >= 15 is 0 Å². The summed E-state index contributed by atoms with van der Waals surface area (Å²) in [4.78, 5) is 12.3. The lowest BCUT2D eigenvalue weighted by Gasteiger charge is -2.11. The monoisotopic (exact) mass is 252 g/mol.